The molecule has 1 unspecified atom stereocenters. The van der Waals surface area contributed by atoms with Crippen LogP contribution in [0.5, 0.6) is 0 Å². The molecule has 0 aliphatic rings. The summed E-state index contributed by atoms with van der Waals surface area (Å²) in [5.74, 6) is -0.710. The van der Waals surface area contributed by atoms with Gasteiger partial charge in [-0.2, -0.15) is 0 Å². The minimum Gasteiger partial charge on any atom is -0.321 e. The Morgan fingerprint density at radius 2 is 2.15 bits per heavy atom. The molecule has 2 N–H and O–H groups in total. The van der Waals surface area contributed by atoms with E-state index in [1.807, 2.05) is 0 Å². The monoisotopic (exact) mass is 245 g/mol. The summed E-state index contributed by atoms with van der Waals surface area (Å²) in [5, 5.41) is 0. The summed E-state index contributed by atoms with van der Waals surface area (Å²) in [6.45, 7) is 1.57. The summed E-state index contributed by atoms with van der Waals surface area (Å²) in [6.07, 6.45) is 0. The Balaban J connectivity index is 3.08. The molecule has 0 radical (unpaired) electrons. The molecule has 0 spiro atoms. The van der Waals surface area contributed by atoms with Gasteiger partial charge in [-0.3, -0.25) is 4.79 Å². The molecule has 13 heavy (non-hydrogen) atoms. The van der Waals surface area contributed by atoms with E-state index in [1.165, 1.54) is 12.1 Å². The highest BCUT2D eigenvalue weighted by atomic mass is 79.9. The van der Waals surface area contributed by atoms with E-state index in [1.54, 1.807) is 13.0 Å². The third-order valence-corrected chi connectivity index (χ3v) is 2.02. The van der Waals surface area contributed by atoms with Crippen LogP contribution in [0, 0.1) is 5.82 Å². The molecule has 0 bridgehead atoms. The highest BCUT2D eigenvalue weighted by molar-refractivity contribution is 9.10. The van der Waals surface area contributed by atoms with E-state index in [2.05, 4.69) is 15.9 Å². The Bertz CT molecular complexity index is 318. The number of hydrogen-bond acceptors (Lipinski definition) is 2. The molecule has 1 atom stereocenters. The lowest BCUT2D eigenvalue weighted by atomic mass is 10.1. The van der Waals surface area contributed by atoms with Crippen LogP contribution in [0.2, 0.25) is 0 Å². The van der Waals surface area contributed by atoms with E-state index in [0.29, 0.717) is 10.0 Å². The van der Waals surface area contributed by atoms with Crippen molar-refractivity contribution in [1.29, 1.82) is 0 Å². The molecule has 0 saturated carbocycles. The normalized spacial score (nSPS) is 12.6. The van der Waals surface area contributed by atoms with E-state index in [-0.39, 0.29) is 5.78 Å². The average Bonchev–Trinajstić information content (AvgIpc) is 2.01. The molecule has 70 valence electrons. The molecule has 1 rings (SSSR count). The standard InChI is InChI=1S/C9H9BrFNO/c1-5(12)9(13)6-2-7(10)4-8(11)3-6/h2-5H,12H2,1H3. The molecule has 0 saturated heterocycles. The zero-order valence-corrected chi connectivity index (χ0v) is 8.64. The number of carbonyl (C=O) groups is 1. The highest BCUT2D eigenvalue weighted by Crippen LogP contribution is 2.15. The zero-order chi connectivity index (χ0) is 10.0. The van der Waals surface area contributed by atoms with Crippen LogP contribution in [0.15, 0.2) is 22.7 Å². The number of rotatable bonds is 2. The Hall–Kier alpha value is -0.740. The summed E-state index contributed by atoms with van der Waals surface area (Å²) in [7, 11) is 0. The van der Waals surface area contributed by atoms with E-state index >= 15 is 0 Å². The Morgan fingerprint density at radius 3 is 2.62 bits per heavy atom. The third-order valence-electron chi connectivity index (χ3n) is 1.56. The van der Waals surface area contributed by atoms with Crippen LogP contribution in [0.25, 0.3) is 0 Å². The van der Waals surface area contributed by atoms with Crippen LogP contribution in [0.4, 0.5) is 4.39 Å². The fourth-order valence-electron chi connectivity index (χ4n) is 0.959. The van der Waals surface area contributed by atoms with Crippen molar-refractivity contribution in [3.8, 4) is 0 Å². The fourth-order valence-corrected chi connectivity index (χ4v) is 1.42. The van der Waals surface area contributed by atoms with Crippen LogP contribution in [0.1, 0.15) is 17.3 Å². The summed E-state index contributed by atoms with van der Waals surface area (Å²) in [6, 6.07) is 3.41. The van der Waals surface area contributed by atoms with Gasteiger partial charge in [0.2, 0.25) is 0 Å². The van der Waals surface area contributed by atoms with Gasteiger partial charge in [0.25, 0.3) is 0 Å². The lowest BCUT2D eigenvalue weighted by Gasteiger charge is -2.04. The van der Waals surface area contributed by atoms with Crippen molar-refractivity contribution in [2.24, 2.45) is 5.73 Å². The smallest absolute Gasteiger partial charge is 0.179 e. The molecule has 0 heterocycles. The molecule has 0 aliphatic heterocycles. The number of benzene rings is 1. The first-order valence-corrected chi connectivity index (χ1v) is 4.56. The van der Waals surface area contributed by atoms with Crippen molar-refractivity contribution >= 4 is 21.7 Å². The largest absolute Gasteiger partial charge is 0.321 e. The van der Waals surface area contributed by atoms with Crippen molar-refractivity contribution in [3.05, 3.63) is 34.1 Å². The van der Waals surface area contributed by atoms with Gasteiger partial charge in [-0.1, -0.05) is 15.9 Å². The molecular formula is C9H9BrFNO. The second-order valence-corrected chi connectivity index (χ2v) is 3.73. The van der Waals surface area contributed by atoms with Crippen LogP contribution in [-0.2, 0) is 0 Å². The second kappa shape index (κ2) is 3.98. The lowest BCUT2D eigenvalue weighted by Crippen LogP contribution is -2.26. The maximum atomic E-state index is 12.8. The quantitative estimate of drug-likeness (QED) is 0.812. The van der Waals surface area contributed by atoms with Crippen LogP contribution in [0.3, 0.4) is 0 Å². The van der Waals surface area contributed by atoms with Gasteiger partial charge < -0.3 is 5.73 Å². The van der Waals surface area contributed by atoms with E-state index in [4.69, 9.17) is 5.73 Å². The molecule has 2 nitrogen and oxygen atoms in total. The number of Topliss-reactive ketones (excluding diaryl/α,β-unsaturated/α-hetero) is 1. The maximum Gasteiger partial charge on any atom is 0.179 e. The number of nitrogens with two attached hydrogens (primary N) is 1. The first-order valence-electron chi connectivity index (χ1n) is 3.76. The minimum atomic E-state index is -0.603. The van der Waals surface area contributed by atoms with E-state index in [9.17, 15) is 9.18 Å². The molecule has 1 aromatic carbocycles. The Kier molecular flexibility index (Phi) is 3.17. The number of ketones is 1. The first kappa shape index (κ1) is 10.3. The molecule has 1 aromatic rings. The molecule has 0 aromatic heterocycles. The summed E-state index contributed by atoms with van der Waals surface area (Å²) in [4.78, 5) is 11.3. The van der Waals surface area contributed by atoms with Crippen molar-refractivity contribution in [3.63, 3.8) is 0 Å². The van der Waals surface area contributed by atoms with Gasteiger partial charge in [0.15, 0.2) is 5.78 Å². The molecule has 0 amide bonds. The van der Waals surface area contributed by atoms with Gasteiger partial charge in [0.1, 0.15) is 5.82 Å². The van der Waals surface area contributed by atoms with Crippen molar-refractivity contribution in [1.82, 2.24) is 0 Å². The molecule has 0 aliphatic carbocycles. The summed E-state index contributed by atoms with van der Waals surface area (Å²) >= 11 is 3.10. The van der Waals surface area contributed by atoms with Gasteiger partial charge in [-0.25, -0.2) is 4.39 Å². The average molecular weight is 246 g/mol. The Labute approximate surface area is 84.1 Å². The summed E-state index contributed by atoms with van der Waals surface area (Å²) < 4.78 is 13.4. The van der Waals surface area contributed by atoms with Crippen molar-refractivity contribution in [2.45, 2.75) is 13.0 Å². The third kappa shape index (κ3) is 2.60. The van der Waals surface area contributed by atoms with Crippen molar-refractivity contribution < 1.29 is 9.18 Å². The first-order chi connectivity index (χ1) is 6.00. The highest BCUT2D eigenvalue weighted by Gasteiger charge is 2.12. The number of hydrogen-bond donors (Lipinski definition) is 1. The number of carbonyl (C=O) groups excluding carboxylic acids is 1. The lowest BCUT2D eigenvalue weighted by molar-refractivity contribution is 0.0967. The number of halogens is 2. The predicted molar refractivity (Wildman–Crippen MR) is 52.1 cm³/mol. The Morgan fingerprint density at radius 1 is 1.54 bits per heavy atom. The molecule has 4 heteroatoms. The minimum absolute atomic E-state index is 0.264. The van der Waals surface area contributed by atoms with E-state index in [0.717, 1.165) is 0 Å². The van der Waals surface area contributed by atoms with Gasteiger partial charge >= 0.3 is 0 Å². The van der Waals surface area contributed by atoms with Gasteiger partial charge in [0.05, 0.1) is 6.04 Å². The SMILES string of the molecule is CC(N)C(=O)c1cc(F)cc(Br)c1. The fraction of sp³-hybridized carbons (Fsp3) is 0.222. The maximum absolute atomic E-state index is 12.8. The topological polar surface area (TPSA) is 43.1 Å². The van der Waals surface area contributed by atoms with Crippen LogP contribution < -0.4 is 5.73 Å². The van der Waals surface area contributed by atoms with Crippen LogP contribution in [-0.4, -0.2) is 11.8 Å². The van der Waals surface area contributed by atoms with Gasteiger partial charge in [-0.05, 0) is 25.1 Å². The van der Waals surface area contributed by atoms with E-state index < -0.39 is 11.9 Å². The van der Waals surface area contributed by atoms with Crippen LogP contribution >= 0.6 is 15.9 Å². The van der Waals surface area contributed by atoms with Gasteiger partial charge in [0, 0.05) is 10.0 Å². The zero-order valence-electron chi connectivity index (χ0n) is 7.05. The van der Waals surface area contributed by atoms with Gasteiger partial charge in [-0.15, -0.1) is 0 Å². The molecular weight excluding hydrogens is 237 g/mol. The van der Waals surface area contributed by atoms with Crippen molar-refractivity contribution in [2.75, 3.05) is 0 Å². The molecule has 0 fully saturated rings. The second-order valence-electron chi connectivity index (χ2n) is 2.81. The predicted octanol–water partition coefficient (Wildman–Crippen LogP) is 2.12. The summed E-state index contributed by atoms with van der Waals surface area (Å²) in [5.41, 5.74) is 5.67.